The number of aliphatic hydroxyl groups excluding tert-OH is 1. The fourth-order valence-corrected chi connectivity index (χ4v) is 1.05. The third-order valence-electron chi connectivity index (χ3n) is 1.62. The molecule has 1 aliphatic heterocycles. The molecule has 8 heavy (non-hydrogen) atoms. The quantitative estimate of drug-likeness (QED) is 0.530. The maximum absolute atomic E-state index is 8.92. The van der Waals surface area contributed by atoms with E-state index in [1.54, 1.807) is 0 Å². The monoisotopic (exact) mass is 115 g/mol. The van der Waals surface area contributed by atoms with Gasteiger partial charge in [0.2, 0.25) is 0 Å². The molecule has 1 atom stereocenters. The molecule has 1 saturated heterocycles. The van der Waals surface area contributed by atoms with E-state index in [9.17, 15) is 0 Å². The van der Waals surface area contributed by atoms with Gasteiger partial charge in [0.1, 0.15) is 6.23 Å². The number of hydrogen-bond acceptors (Lipinski definition) is 2. The molecule has 1 rings (SSSR count). The first kappa shape index (κ1) is 6.05. The zero-order chi connectivity index (χ0) is 6.15. The highest BCUT2D eigenvalue weighted by Crippen LogP contribution is 2.15. The zero-order valence-electron chi connectivity index (χ0n) is 5.46. The molecule has 1 N–H and O–H groups in total. The highest BCUT2D eigenvalue weighted by atomic mass is 16.3. The lowest BCUT2D eigenvalue weighted by Gasteiger charge is -2.39. The number of nitrogens with zero attached hydrogens (tertiary/aromatic N) is 1. The summed E-state index contributed by atoms with van der Waals surface area (Å²) in [6.07, 6.45) is -0.230. The first-order chi connectivity index (χ1) is 3.70. The molecule has 48 valence electrons. The normalized spacial score (nSPS) is 27.4. The molecule has 0 aliphatic carbocycles. The van der Waals surface area contributed by atoms with Crippen molar-refractivity contribution >= 4 is 0 Å². The smallest absolute Gasteiger partial charge is 0.104 e. The van der Waals surface area contributed by atoms with Crippen LogP contribution in [0.3, 0.4) is 0 Å². The van der Waals surface area contributed by atoms with Crippen LogP contribution >= 0.6 is 0 Å². The largest absolute Gasteiger partial charge is 0.379 e. The standard InChI is InChI=1S/C6H13NO/c1-5-3-7(4-5)6(2)8/h5-6,8H,3-4H2,1-2H3. The van der Waals surface area contributed by atoms with Gasteiger partial charge in [0.15, 0.2) is 0 Å². The van der Waals surface area contributed by atoms with Gasteiger partial charge in [-0.25, -0.2) is 0 Å². The molecule has 0 radical (unpaired) electrons. The molecule has 0 aromatic heterocycles. The van der Waals surface area contributed by atoms with E-state index in [-0.39, 0.29) is 6.23 Å². The van der Waals surface area contributed by atoms with Gasteiger partial charge in [-0.3, -0.25) is 4.90 Å². The van der Waals surface area contributed by atoms with Gasteiger partial charge in [-0.05, 0) is 12.8 Å². The molecular weight excluding hydrogens is 102 g/mol. The minimum absolute atomic E-state index is 0.230. The second kappa shape index (κ2) is 2.03. The molecule has 2 heteroatoms. The number of aliphatic hydroxyl groups is 1. The second-order valence-electron chi connectivity index (χ2n) is 2.69. The van der Waals surface area contributed by atoms with E-state index in [4.69, 9.17) is 5.11 Å². The molecule has 2 nitrogen and oxygen atoms in total. The SMILES string of the molecule is CC1CN(C(C)O)C1. The molecule has 1 heterocycles. The lowest BCUT2D eigenvalue weighted by molar-refractivity contribution is -0.0481. The van der Waals surface area contributed by atoms with Crippen molar-refractivity contribution in [2.24, 2.45) is 5.92 Å². The van der Waals surface area contributed by atoms with Gasteiger partial charge in [0, 0.05) is 13.1 Å². The summed E-state index contributed by atoms with van der Waals surface area (Å²) in [5, 5.41) is 8.92. The topological polar surface area (TPSA) is 23.5 Å². The van der Waals surface area contributed by atoms with Crippen molar-refractivity contribution < 1.29 is 5.11 Å². The average molecular weight is 115 g/mol. The van der Waals surface area contributed by atoms with Gasteiger partial charge in [-0.15, -0.1) is 0 Å². The van der Waals surface area contributed by atoms with Crippen molar-refractivity contribution in [1.82, 2.24) is 4.90 Å². The van der Waals surface area contributed by atoms with E-state index >= 15 is 0 Å². The van der Waals surface area contributed by atoms with E-state index in [0.717, 1.165) is 19.0 Å². The summed E-state index contributed by atoms with van der Waals surface area (Å²) >= 11 is 0. The van der Waals surface area contributed by atoms with Crippen molar-refractivity contribution in [1.29, 1.82) is 0 Å². The van der Waals surface area contributed by atoms with E-state index in [1.807, 2.05) is 11.8 Å². The van der Waals surface area contributed by atoms with Crippen LogP contribution < -0.4 is 0 Å². The molecule has 1 aliphatic rings. The predicted molar refractivity (Wildman–Crippen MR) is 32.4 cm³/mol. The number of hydrogen-bond donors (Lipinski definition) is 1. The van der Waals surface area contributed by atoms with Crippen molar-refractivity contribution in [2.45, 2.75) is 20.1 Å². The first-order valence-electron chi connectivity index (χ1n) is 3.12. The Balaban J connectivity index is 2.15. The maximum Gasteiger partial charge on any atom is 0.104 e. The number of likely N-dealkylation sites (tertiary alicyclic amines) is 1. The van der Waals surface area contributed by atoms with Crippen LogP contribution in [-0.4, -0.2) is 29.3 Å². The van der Waals surface area contributed by atoms with Crippen LogP contribution in [0.4, 0.5) is 0 Å². The third kappa shape index (κ3) is 1.01. The summed E-state index contributed by atoms with van der Waals surface area (Å²) < 4.78 is 0. The van der Waals surface area contributed by atoms with Gasteiger partial charge >= 0.3 is 0 Å². The Kier molecular flexibility index (Phi) is 1.54. The van der Waals surface area contributed by atoms with Crippen LogP contribution in [0.2, 0.25) is 0 Å². The molecule has 1 unspecified atom stereocenters. The van der Waals surface area contributed by atoms with Crippen LogP contribution in [0.15, 0.2) is 0 Å². The van der Waals surface area contributed by atoms with Crippen LogP contribution in [0.5, 0.6) is 0 Å². The van der Waals surface area contributed by atoms with Gasteiger partial charge < -0.3 is 5.11 Å². The Hall–Kier alpha value is -0.0800. The van der Waals surface area contributed by atoms with Crippen LogP contribution in [0.1, 0.15) is 13.8 Å². The molecular formula is C6H13NO. The summed E-state index contributed by atoms with van der Waals surface area (Å²) in [5.74, 6) is 0.796. The number of rotatable bonds is 1. The predicted octanol–water partition coefficient (Wildman–Crippen LogP) is 0.276. The summed E-state index contributed by atoms with van der Waals surface area (Å²) in [5.41, 5.74) is 0. The minimum atomic E-state index is -0.230. The maximum atomic E-state index is 8.92. The zero-order valence-corrected chi connectivity index (χ0v) is 5.46. The van der Waals surface area contributed by atoms with Gasteiger partial charge in [0.25, 0.3) is 0 Å². The Morgan fingerprint density at radius 3 is 2.25 bits per heavy atom. The molecule has 0 aromatic rings. The lowest BCUT2D eigenvalue weighted by Crippen LogP contribution is -2.49. The Morgan fingerprint density at radius 2 is 2.12 bits per heavy atom. The van der Waals surface area contributed by atoms with Crippen molar-refractivity contribution in [3.05, 3.63) is 0 Å². The molecule has 0 spiro atoms. The van der Waals surface area contributed by atoms with E-state index < -0.39 is 0 Å². The van der Waals surface area contributed by atoms with Crippen molar-refractivity contribution in [3.63, 3.8) is 0 Å². The second-order valence-corrected chi connectivity index (χ2v) is 2.69. The third-order valence-corrected chi connectivity index (χ3v) is 1.62. The lowest BCUT2D eigenvalue weighted by atomic mass is 10.0. The van der Waals surface area contributed by atoms with Gasteiger partial charge in [-0.1, -0.05) is 6.92 Å². The van der Waals surface area contributed by atoms with Gasteiger partial charge in [0.05, 0.1) is 0 Å². The fraction of sp³-hybridized carbons (Fsp3) is 1.00. The molecule has 0 bridgehead atoms. The van der Waals surface area contributed by atoms with E-state index in [2.05, 4.69) is 6.92 Å². The summed E-state index contributed by atoms with van der Waals surface area (Å²) in [4.78, 5) is 2.05. The first-order valence-corrected chi connectivity index (χ1v) is 3.12. The Labute approximate surface area is 50.1 Å². The Bertz CT molecular complexity index is 76.6. The van der Waals surface area contributed by atoms with E-state index in [1.165, 1.54) is 0 Å². The minimum Gasteiger partial charge on any atom is -0.379 e. The molecule has 0 saturated carbocycles. The summed E-state index contributed by atoms with van der Waals surface area (Å²) in [6.45, 7) is 6.14. The Morgan fingerprint density at radius 1 is 1.62 bits per heavy atom. The molecule has 1 fully saturated rings. The van der Waals surface area contributed by atoms with Crippen molar-refractivity contribution in [2.75, 3.05) is 13.1 Å². The average Bonchev–Trinajstić information content (AvgIpc) is 1.57. The van der Waals surface area contributed by atoms with Gasteiger partial charge in [-0.2, -0.15) is 0 Å². The van der Waals surface area contributed by atoms with Crippen LogP contribution in [0, 0.1) is 5.92 Å². The van der Waals surface area contributed by atoms with Crippen molar-refractivity contribution in [3.8, 4) is 0 Å². The van der Waals surface area contributed by atoms with E-state index in [0.29, 0.717) is 0 Å². The molecule has 0 aromatic carbocycles. The van der Waals surface area contributed by atoms with Crippen LogP contribution in [0.25, 0.3) is 0 Å². The van der Waals surface area contributed by atoms with Crippen LogP contribution in [-0.2, 0) is 0 Å². The molecule has 0 amide bonds. The highest BCUT2D eigenvalue weighted by molar-refractivity contribution is 4.75. The highest BCUT2D eigenvalue weighted by Gasteiger charge is 2.24. The fourth-order valence-electron chi connectivity index (χ4n) is 1.05. The summed E-state index contributed by atoms with van der Waals surface area (Å²) in [6, 6.07) is 0. The summed E-state index contributed by atoms with van der Waals surface area (Å²) in [7, 11) is 0.